The Hall–Kier alpha value is -3.85. The van der Waals surface area contributed by atoms with Gasteiger partial charge in [-0.15, -0.1) is 0 Å². The standard InChI is InChI=1S/C35H45F2N5O6S/c1-20(2)49(46,47)42(5)33-13-23(12-32(40-33)41(4)18-24-10-21(24)3)35(45)39-29(19-48-27-15-25(36)14-26(37)16-27)31(44)17-38-34-28-9-7-6-8-22(28)11-30(34)43/h6-9,12-16,20-21,24,29-31,34,38,43-44H,10-11,17-19H2,1-5H3,(H,39,45). The minimum Gasteiger partial charge on any atom is -0.491 e. The molecule has 11 nitrogen and oxygen atoms in total. The molecule has 1 amide bonds. The summed E-state index contributed by atoms with van der Waals surface area (Å²) in [5.74, 6) is -1.05. The van der Waals surface area contributed by atoms with Crippen molar-refractivity contribution in [3.05, 3.63) is 82.9 Å². The van der Waals surface area contributed by atoms with E-state index in [9.17, 15) is 32.2 Å². The minimum atomic E-state index is -3.79. The molecule has 1 fully saturated rings. The van der Waals surface area contributed by atoms with E-state index in [1.807, 2.05) is 36.2 Å². The number of aliphatic hydroxyl groups excluding tert-OH is 2. The molecule has 0 aliphatic heterocycles. The van der Waals surface area contributed by atoms with Crippen molar-refractivity contribution in [1.82, 2.24) is 15.6 Å². The molecule has 14 heteroatoms. The smallest absolute Gasteiger partial charge is 0.251 e. The van der Waals surface area contributed by atoms with Crippen LogP contribution in [0.4, 0.5) is 20.4 Å². The van der Waals surface area contributed by atoms with Crippen LogP contribution in [0.3, 0.4) is 0 Å². The Morgan fingerprint density at radius 1 is 1.08 bits per heavy atom. The third-order valence-electron chi connectivity index (χ3n) is 9.33. The van der Waals surface area contributed by atoms with Crippen LogP contribution in [0, 0.1) is 23.5 Å². The molecule has 0 saturated heterocycles. The predicted octanol–water partition coefficient (Wildman–Crippen LogP) is 3.41. The second-order valence-corrected chi connectivity index (χ2v) is 15.9. The van der Waals surface area contributed by atoms with Crippen molar-refractivity contribution in [1.29, 1.82) is 0 Å². The van der Waals surface area contributed by atoms with Crippen molar-refractivity contribution in [2.75, 3.05) is 43.0 Å². The van der Waals surface area contributed by atoms with Crippen LogP contribution in [0.25, 0.3) is 0 Å². The summed E-state index contributed by atoms with van der Waals surface area (Å²) in [6.07, 6.45) is -0.510. The van der Waals surface area contributed by atoms with Crippen LogP contribution in [-0.2, 0) is 16.4 Å². The first-order chi connectivity index (χ1) is 23.1. The molecule has 4 N–H and O–H groups in total. The molecule has 3 aromatic rings. The number of benzene rings is 2. The number of anilines is 2. The van der Waals surface area contributed by atoms with E-state index in [0.29, 0.717) is 36.7 Å². The largest absolute Gasteiger partial charge is 0.491 e. The highest BCUT2D eigenvalue weighted by Gasteiger charge is 2.35. The van der Waals surface area contributed by atoms with Crippen molar-refractivity contribution in [2.24, 2.45) is 11.8 Å². The number of aliphatic hydroxyl groups is 2. The minimum absolute atomic E-state index is 0.0474. The molecule has 0 radical (unpaired) electrons. The highest BCUT2D eigenvalue weighted by atomic mass is 32.2. The van der Waals surface area contributed by atoms with E-state index in [2.05, 4.69) is 22.5 Å². The highest BCUT2D eigenvalue weighted by molar-refractivity contribution is 7.93. The van der Waals surface area contributed by atoms with Gasteiger partial charge in [-0.1, -0.05) is 31.2 Å². The van der Waals surface area contributed by atoms with Gasteiger partial charge in [-0.05, 0) is 55.4 Å². The summed E-state index contributed by atoms with van der Waals surface area (Å²) in [7, 11) is -0.578. The first kappa shape index (κ1) is 36.4. The molecule has 6 unspecified atom stereocenters. The maximum absolute atomic E-state index is 13.9. The molecule has 2 aliphatic carbocycles. The fraction of sp³-hybridized carbons (Fsp3) is 0.486. The van der Waals surface area contributed by atoms with E-state index < -0.39 is 57.1 Å². The zero-order valence-electron chi connectivity index (χ0n) is 28.3. The molecule has 49 heavy (non-hydrogen) atoms. The van der Waals surface area contributed by atoms with Crippen LogP contribution in [0.5, 0.6) is 5.75 Å². The van der Waals surface area contributed by atoms with Crippen molar-refractivity contribution in [3.8, 4) is 5.75 Å². The summed E-state index contributed by atoms with van der Waals surface area (Å²) >= 11 is 0. The van der Waals surface area contributed by atoms with Gasteiger partial charge in [0.05, 0.1) is 29.5 Å². The van der Waals surface area contributed by atoms with Crippen LogP contribution < -0.4 is 24.6 Å². The van der Waals surface area contributed by atoms with Gasteiger partial charge in [0.1, 0.15) is 35.6 Å². The van der Waals surface area contributed by atoms with E-state index in [-0.39, 0.29) is 30.3 Å². The van der Waals surface area contributed by atoms with Crippen LogP contribution in [0.1, 0.15) is 54.7 Å². The molecule has 0 spiro atoms. The molecule has 266 valence electrons. The SMILES string of the molecule is CC1CC1CN(C)c1cc(C(=O)NC(COc2cc(F)cc(F)c2)C(O)CNC2c3ccccc3CC2O)cc(N(C)S(=O)(=O)C(C)C)n1. The van der Waals surface area contributed by atoms with Crippen LogP contribution >= 0.6 is 0 Å². The topological polar surface area (TPSA) is 144 Å². The number of nitrogens with one attached hydrogen (secondary N) is 2. The third kappa shape index (κ3) is 8.66. The summed E-state index contributed by atoms with van der Waals surface area (Å²) < 4.78 is 60.7. The summed E-state index contributed by atoms with van der Waals surface area (Å²) in [6.45, 7) is 5.48. The van der Waals surface area contributed by atoms with Gasteiger partial charge in [-0.25, -0.2) is 22.2 Å². The zero-order chi connectivity index (χ0) is 35.6. The Labute approximate surface area is 286 Å². The van der Waals surface area contributed by atoms with Gasteiger partial charge in [-0.3, -0.25) is 9.10 Å². The maximum atomic E-state index is 13.9. The average Bonchev–Trinajstić information content (AvgIpc) is 3.64. The normalized spacial score (nSPS) is 21.2. The van der Waals surface area contributed by atoms with E-state index in [1.54, 1.807) is 19.9 Å². The summed E-state index contributed by atoms with van der Waals surface area (Å²) in [4.78, 5) is 20.4. The molecule has 1 aromatic heterocycles. The molecule has 6 atom stereocenters. The zero-order valence-corrected chi connectivity index (χ0v) is 29.1. The highest BCUT2D eigenvalue weighted by Crippen LogP contribution is 2.39. The molecule has 2 aliphatic rings. The number of carbonyl (C=O) groups is 1. The van der Waals surface area contributed by atoms with E-state index in [0.717, 1.165) is 34.0 Å². The van der Waals surface area contributed by atoms with Gasteiger partial charge in [-0.2, -0.15) is 0 Å². The molecule has 1 heterocycles. The molecular weight excluding hydrogens is 656 g/mol. The van der Waals surface area contributed by atoms with Gasteiger partial charge in [0.2, 0.25) is 10.0 Å². The number of nitrogens with zero attached hydrogens (tertiary/aromatic N) is 3. The molecular formula is C35H45F2N5O6S. The number of halogens is 2. The lowest BCUT2D eigenvalue weighted by Gasteiger charge is -2.28. The van der Waals surface area contributed by atoms with Gasteiger partial charge >= 0.3 is 0 Å². The number of amides is 1. The first-order valence-corrected chi connectivity index (χ1v) is 17.9. The van der Waals surface area contributed by atoms with Gasteiger partial charge < -0.3 is 30.5 Å². The Morgan fingerprint density at radius 3 is 2.39 bits per heavy atom. The molecule has 2 aromatic carbocycles. The molecule has 0 bridgehead atoms. The van der Waals surface area contributed by atoms with Crippen LogP contribution in [0.2, 0.25) is 0 Å². The fourth-order valence-corrected chi connectivity index (χ4v) is 7.03. The van der Waals surface area contributed by atoms with Gasteiger partial charge in [0.25, 0.3) is 5.91 Å². The van der Waals surface area contributed by atoms with E-state index in [4.69, 9.17) is 4.74 Å². The summed E-state index contributed by atoms with van der Waals surface area (Å²) in [5, 5.41) is 27.3. The second-order valence-electron chi connectivity index (χ2n) is 13.4. The molecule has 5 rings (SSSR count). The average molecular weight is 702 g/mol. The van der Waals surface area contributed by atoms with Crippen molar-refractivity contribution >= 4 is 27.6 Å². The third-order valence-corrected chi connectivity index (χ3v) is 11.5. The predicted molar refractivity (Wildman–Crippen MR) is 183 cm³/mol. The van der Waals surface area contributed by atoms with Crippen molar-refractivity contribution in [3.63, 3.8) is 0 Å². The maximum Gasteiger partial charge on any atom is 0.251 e. The Balaban J connectivity index is 1.40. The number of rotatable bonds is 15. The lowest BCUT2D eigenvalue weighted by molar-refractivity contribution is 0.0679. The monoisotopic (exact) mass is 701 g/mol. The Bertz CT molecular complexity index is 1740. The number of aromatic nitrogens is 1. The Morgan fingerprint density at radius 2 is 1.73 bits per heavy atom. The van der Waals surface area contributed by atoms with Gasteiger partial charge in [0, 0.05) is 57.4 Å². The number of sulfonamides is 1. The number of fused-ring (bicyclic) bond motifs is 1. The van der Waals surface area contributed by atoms with Crippen molar-refractivity contribution in [2.45, 2.75) is 63.2 Å². The first-order valence-electron chi connectivity index (χ1n) is 16.4. The quantitative estimate of drug-likeness (QED) is 0.188. The Kier molecular flexibility index (Phi) is 11.1. The molecule has 1 saturated carbocycles. The lowest BCUT2D eigenvalue weighted by atomic mass is 10.1. The number of ether oxygens (including phenoxy) is 1. The van der Waals surface area contributed by atoms with Crippen LogP contribution in [0.15, 0.2) is 54.6 Å². The number of pyridine rings is 1. The number of hydrogen-bond acceptors (Lipinski definition) is 9. The number of hydrogen-bond donors (Lipinski definition) is 4. The van der Waals surface area contributed by atoms with E-state index in [1.165, 1.54) is 13.1 Å². The lowest BCUT2D eigenvalue weighted by Crippen LogP contribution is -2.51. The summed E-state index contributed by atoms with van der Waals surface area (Å²) in [6, 6.07) is 11.6. The van der Waals surface area contributed by atoms with Crippen LogP contribution in [-0.4, -0.2) is 86.8 Å². The fourth-order valence-electron chi connectivity index (χ4n) is 6.04. The number of carbonyl (C=O) groups excluding carboxylic acids is 1. The summed E-state index contributed by atoms with van der Waals surface area (Å²) in [5.41, 5.74) is 1.97. The van der Waals surface area contributed by atoms with Crippen molar-refractivity contribution < 1.29 is 36.9 Å². The second kappa shape index (κ2) is 15.0. The van der Waals surface area contributed by atoms with E-state index >= 15 is 0 Å². The van der Waals surface area contributed by atoms with Gasteiger partial charge in [0.15, 0.2) is 0 Å².